The largest absolute Gasteiger partial charge is 0.283 e. The lowest BCUT2D eigenvalue weighted by Gasteiger charge is -2.14. The lowest BCUT2D eigenvalue weighted by Crippen LogP contribution is -2.11. The topological polar surface area (TPSA) is 92.3 Å². The van der Waals surface area contributed by atoms with E-state index >= 15 is 0 Å². The van der Waals surface area contributed by atoms with Crippen molar-refractivity contribution in [2.75, 3.05) is 22.0 Å². The summed E-state index contributed by atoms with van der Waals surface area (Å²) in [5.74, 6) is 0. The third-order valence-corrected chi connectivity index (χ3v) is 7.66. The van der Waals surface area contributed by atoms with Gasteiger partial charge in [0.1, 0.15) is 0 Å². The van der Waals surface area contributed by atoms with Crippen molar-refractivity contribution in [1.82, 2.24) is 0 Å². The second-order valence-corrected chi connectivity index (χ2v) is 13.0. The monoisotopic (exact) mass is 544 g/mol. The molecule has 0 unspecified atom stereocenters. The Balaban J connectivity index is 1.32. The number of para-hydroxylation sites is 2. The molecule has 8 heteroatoms. The molecule has 3 aromatic rings. The molecule has 0 bridgehead atoms. The Labute approximate surface area is 224 Å². The molecule has 0 spiro atoms. The molecule has 3 aromatic carbocycles. The number of allylic oxidation sites excluding steroid dienone is 8. The lowest BCUT2D eigenvalue weighted by atomic mass is 9.93. The smallest absolute Gasteiger partial charge is 0.229 e. The van der Waals surface area contributed by atoms with Crippen molar-refractivity contribution in [1.29, 1.82) is 0 Å². The Bertz CT molecular complexity index is 1640. The number of rotatable bonds is 8. The number of hydrogen-bond donors (Lipinski definition) is 2. The lowest BCUT2D eigenvalue weighted by molar-refractivity contribution is 0.605. The second-order valence-electron chi connectivity index (χ2n) is 9.54. The molecule has 0 amide bonds. The Morgan fingerprint density at radius 3 is 1.34 bits per heavy atom. The molecule has 194 valence electrons. The first-order valence-electron chi connectivity index (χ1n) is 12.1. The Morgan fingerprint density at radius 2 is 0.921 bits per heavy atom. The van der Waals surface area contributed by atoms with Gasteiger partial charge >= 0.3 is 0 Å². The molecule has 2 aliphatic carbocycles. The number of sulfonamides is 2. The van der Waals surface area contributed by atoms with Crippen LogP contribution >= 0.6 is 0 Å². The van der Waals surface area contributed by atoms with Crippen LogP contribution in [-0.2, 0) is 20.0 Å². The number of anilines is 2. The number of benzene rings is 3. The van der Waals surface area contributed by atoms with Crippen molar-refractivity contribution in [3.63, 3.8) is 0 Å². The third kappa shape index (κ3) is 5.98. The summed E-state index contributed by atoms with van der Waals surface area (Å²) in [4.78, 5) is 0. The van der Waals surface area contributed by atoms with Crippen LogP contribution in [0, 0.1) is 0 Å². The SMILES string of the molecule is CS(=O)(=O)Nc1ccccc1C1=CC=C(c2cccc(C3=CC=C(c4ccccc4NS(C)(=O)=O)C3)c2)C1. The van der Waals surface area contributed by atoms with Crippen molar-refractivity contribution < 1.29 is 16.8 Å². The summed E-state index contributed by atoms with van der Waals surface area (Å²) in [6.07, 6.45) is 12.0. The van der Waals surface area contributed by atoms with Crippen molar-refractivity contribution >= 4 is 53.7 Å². The molecule has 0 saturated carbocycles. The molecule has 6 nitrogen and oxygen atoms in total. The molecule has 0 aliphatic heterocycles. The molecule has 2 N–H and O–H groups in total. The average Bonchev–Trinajstić information content (AvgIpc) is 3.54. The zero-order valence-corrected chi connectivity index (χ0v) is 22.7. The van der Waals surface area contributed by atoms with Gasteiger partial charge in [0.15, 0.2) is 0 Å². The highest BCUT2D eigenvalue weighted by molar-refractivity contribution is 7.92. The maximum Gasteiger partial charge on any atom is 0.229 e. The third-order valence-electron chi connectivity index (χ3n) is 6.47. The second kappa shape index (κ2) is 10.1. The van der Waals surface area contributed by atoms with Gasteiger partial charge in [-0.15, -0.1) is 0 Å². The van der Waals surface area contributed by atoms with E-state index in [2.05, 4.69) is 39.8 Å². The fourth-order valence-electron chi connectivity index (χ4n) is 4.84. The molecule has 0 radical (unpaired) electrons. The van der Waals surface area contributed by atoms with E-state index in [1.54, 1.807) is 12.1 Å². The summed E-state index contributed by atoms with van der Waals surface area (Å²) >= 11 is 0. The molecule has 38 heavy (non-hydrogen) atoms. The Hall–Kier alpha value is -3.88. The number of nitrogens with one attached hydrogen (secondary N) is 2. The Kier molecular flexibility index (Phi) is 6.86. The maximum atomic E-state index is 11.8. The van der Waals surface area contributed by atoms with Crippen LogP contribution in [0.25, 0.3) is 22.3 Å². The van der Waals surface area contributed by atoms with Gasteiger partial charge in [0.2, 0.25) is 20.0 Å². The van der Waals surface area contributed by atoms with Gasteiger partial charge in [-0.3, -0.25) is 9.44 Å². The van der Waals surface area contributed by atoms with Gasteiger partial charge in [-0.1, -0.05) is 78.9 Å². The fourth-order valence-corrected chi connectivity index (χ4v) is 5.99. The van der Waals surface area contributed by atoms with Gasteiger partial charge in [-0.25, -0.2) is 16.8 Å². The van der Waals surface area contributed by atoms with E-state index in [9.17, 15) is 16.8 Å². The van der Waals surface area contributed by atoms with Crippen molar-refractivity contribution in [3.8, 4) is 0 Å². The van der Waals surface area contributed by atoms with Crippen molar-refractivity contribution in [2.24, 2.45) is 0 Å². The molecule has 0 heterocycles. The summed E-state index contributed by atoms with van der Waals surface area (Å²) in [5.41, 5.74) is 9.52. The van der Waals surface area contributed by atoms with Gasteiger partial charge in [0, 0.05) is 11.1 Å². The van der Waals surface area contributed by atoms with Gasteiger partial charge in [-0.05, 0) is 64.5 Å². The van der Waals surface area contributed by atoms with E-state index in [0.717, 1.165) is 57.1 Å². The minimum atomic E-state index is -3.39. The minimum Gasteiger partial charge on any atom is -0.283 e. The van der Waals surface area contributed by atoms with Crippen molar-refractivity contribution in [3.05, 3.63) is 119 Å². The van der Waals surface area contributed by atoms with Gasteiger partial charge in [0.05, 0.1) is 23.9 Å². The molecule has 5 rings (SSSR count). The van der Waals surface area contributed by atoms with Crippen LogP contribution in [0.4, 0.5) is 11.4 Å². The maximum absolute atomic E-state index is 11.8. The highest BCUT2D eigenvalue weighted by Crippen LogP contribution is 2.40. The van der Waals surface area contributed by atoms with Crippen LogP contribution in [-0.4, -0.2) is 29.3 Å². The minimum absolute atomic E-state index is 0.574. The summed E-state index contributed by atoms with van der Waals surface area (Å²) in [5, 5.41) is 0. The average molecular weight is 545 g/mol. The molecule has 2 aliphatic rings. The predicted molar refractivity (Wildman–Crippen MR) is 157 cm³/mol. The van der Waals surface area contributed by atoms with Crippen LogP contribution in [0.5, 0.6) is 0 Å². The molecule has 0 saturated heterocycles. The van der Waals surface area contributed by atoms with Crippen LogP contribution in [0.2, 0.25) is 0 Å². The molecule has 0 atom stereocenters. The normalized spacial score (nSPS) is 15.4. The first kappa shape index (κ1) is 25.8. The quantitative estimate of drug-likeness (QED) is 0.355. The standard InChI is InChI=1S/C30H28N2O4S2/c1-37(33,34)31-29-12-5-3-10-27(29)25-16-14-23(19-25)21-8-7-9-22(18-21)24-15-17-26(20-24)28-11-4-6-13-30(28)32-38(2,35)36/h3-18,31-32H,19-20H2,1-2H3. The van der Waals surface area contributed by atoms with Crippen LogP contribution in [0.3, 0.4) is 0 Å². The van der Waals surface area contributed by atoms with E-state index in [1.807, 2.05) is 54.6 Å². The van der Waals surface area contributed by atoms with E-state index in [-0.39, 0.29) is 0 Å². The van der Waals surface area contributed by atoms with E-state index < -0.39 is 20.0 Å². The summed E-state index contributed by atoms with van der Waals surface area (Å²) in [6, 6.07) is 23.2. The predicted octanol–water partition coefficient (Wildman–Crippen LogP) is 6.17. The first-order chi connectivity index (χ1) is 18.1. The van der Waals surface area contributed by atoms with Crippen molar-refractivity contribution in [2.45, 2.75) is 12.8 Å². The zero-order valence-electron chi connectivity index (χ0n) is 21.1. The Morgan fingerprint density at radius 1 is 0.526 bits per heavy atom. The summed E-state index contributed by atoms with van der Waals surface area (Å²) in [7, 11) is -6.77. The van der Waals surface area contributed by atoms with Crippen LogP contribution < -0.4 is 9.44 Å². The van der Waals surface area contributed by atoms with E-state index in [1.165, 1.54) is 0 Å². The first-order valence-corrected chi connectivity index (χ1v) is 15.9. The molecular formula is C30H28N2O4S2. The van der Waals surface area contributed by atoms with Gasteiger partial charge in [0.25, 0.3) is 0 Å². The highest BCUT2D eigenvalue weighted by Gasteiger charge is 2.19. The summed E-state index contributed by atoms with van der Waals surface area (Å²) in [6.45, 7) is 0. The van der Waals surface area contributed by atoms with Crippen LogP contribution in [0.1, 0.15) is 35.1 Å². The van der Waals surface area contributed by atoms with E-state index in [4.69, 9.17) is 0 Å². The van der Waals surface area contributed by atoms with E-state index in [0.29, 0.717) is 24.2 Å². The van der Waals surface area contributed by atoms with Gasteiger partial charge < -0.3 is 0 Å². The molecule has 0 aromatic heterocycles. The van der Waals surface area contributed by atoms with Crippen LogP contribution in [0.15, 0.2) is 97.1 Å². The van der Waals surface area contributed by atoms with Gasteiger partial charge in [-0.2, -0.15) is 0 Å². The summed E-state index contributed by atoms with van der Waals surface area (Å²) < 4.78 is 52.5. The highest BCUT2D eigenvalue weighted by atomic mass is 32.2. The zero-order chi connectivity index (χ0) is 26.9. The number of hydrogen-bond acceptors (Lipinski definition) is 4. The molecule has 0 fully saturated rings. The fraction of sp³-hybridized carbons (Fsp3) is 0.133. The molecular weight excluding hydrogens is 516 g/mol.